The van der Waals surface area contributed by atoms with Crippen LogP contribution in [-0.2, 0) is 0 Å². The number of nitrogens with two attached hydrogens (primary N) is 1. The van der Waals surface area contributed by atoms with Gasteiger partial charge in [-0.15, -0.1) is 0 Å². The molecule has 0 saturated heterocycles. The Morgan fingerprint density at radius 2 is 2.38 bits per heavy atom. The minimum atomic E-state index is 0.517. The van der Waals surface area contributed by atoms with Crippen LogP contribution in [0.1, 0.15) is 0 Å². The molecule has 0 bridgehead atoms. The van der Waals surface area contributed by atoms with Gasteiger partial charge in [-0.1, -0.05) is 23.8 Å². The van der Waals surface area contributed by atoms with E-state index in [-0.39, 0.29) is 0 Å². The maximum absolute atomic E-state index is 5.80. The summed E-state index contributed by atoms with van der Waals surface area (Å²) in [7, 11) is 0. The van der Waals surface area contributed by atoms with Gasteiger partial charge in [0.05, 0.1) is 6.20 Å². The van der Waals surface area contributed by atoms with Gasteiger partial charge in [-0.2, -0.15) is 0 Å². The number of nitrogens with one attached hydrogen (secondary N) is 1. The van der Waals surface area contributed by atoms with Crippen molar-refractivity contribution in [2.24, 2.45) is 5.73 Å². The maximum Gasteiger partial charge on any atom is 0.148 e. The van der Waals surface area contributed by atoms with Crippen LogP contribution in [0.25, 0.3) is 0 Å². The van der Waals surface area contributed by atoms with Crippen molar-refractivity contribution in [2.75, 3.05) is 18.4 Å². The van der Waals surface area contributed by atoms with Crippen LogP contribution in [0, 0.1) is 0 Å². The molecule has 0 saturated carbocycles. The SMILES string of the molecule is NC/C=C/CNc1ncncc1Cl. The highest BCUT2D eigenvalue weighted by molar-refractivity contribution is 6.32. The minimum Gasteiger partial charge on any atom is -0.365 e. The molecule has 0 unspecified atom stereocenters. The first-order valence-electron chi connectivity index (χ1n) is 3.89. The third-order valence-electron chi connectivity index (χ3n) is 1.36. The summed E-state index contributed by atoms with van der Waals surface area (Å²) in [6.45, 7) is 1.20. The number of halogens is 1. The predicted molar refractivity (Wildman–Crippen MR) is 53.7 cm³/mol. The number of hydrogen-bond acceptors (Lipinski definition) is 4. The van der Waals surface area contributed by atoms with E-state index in [4.69, 9.17) is 17.3 Å². The summed E-state index contributed by atoms with van der Waals surface area (Å²) in [5, 5.41) is 3.54. The smallest absolute Gasteiger partial charge is 0.148 e. The van der Waals surface area contributed by atoms with E-state index in [1.165, 1.54) is 6.33 Å². The highest BCUT2D eigenvalue weighted by Gasteiger charge is 1.97. The quantitative estimate of drug-likeness (QED) is 0.711. The highest BCUT2D eigenvalue weighted by Crippen LogP contribution is 2.15. The van der Waals surface area contributed by atoms with Crippen molar-refractivity contribution >= 4 is 17.4 Å². The van der Waals surface area contributed by atoms with Crippen LogP contribution in [-0.4, -0.2) is 23.1 Å². The van der Waals surface area contributed by atoms with Gasteiger partial charge in [0, 0.05) is 13.1 Å². The first-order valence-corrected chi connectivity index (χ1v) is 4.27. The van der Waals surface area contributed by atoms with Crippen molar-refractivity contribution in [2.45, 2.75) is 0 Å². The third-order valence-corrected chi connectivity index (χ3v) is 1.63. The van der Waals surface area contributed by atoms with Crippen LogP contribution in [0.4, 0.5) is 5.82 Å². The van der Waals surface area contributed by atoms with Crippen molar-refractivity contribution in [3.63, 3.8) is 0 Å². The zero-order valence-electron chi connectivity index (χ0n) is 7.07. The number of hydrogen-bond donors (Lipinski definition) is 2. The number of rotatable bonds is 4. The van der Waals surface area contributed by atoms with Gasteiger partial charge in [0.15, 0.2) is 0 Å². The van der Waals surface area contributed by atoms with E-state index >= 15 is 0 Å². The highest BCUT2D eigenvalue weighted by atomic mass is 35.5. The lowest BCUT2D eigenvalue weighted by Crippen LogP contribution is -2.02. The molecule has 70 valence electrons. The Balaban J connectivity index is 2.45. The van der Waals surface area contributed by atoms with Gasteiger partial charge < -0.3 is 11.1 Å². The van der Waals surface area contributed by atoms with Gasteiger partial charge in [-0.25, -0.2) is 9.97 Å². The van der Waals surface area contributed by atoms with E-state index in [2.05, 4.69) is 15.3 Å². The van der Waals surface area contributed by atoms with Crippen molar-refractivity contribution < 1.29 is 0 Å². The Morgan fingerprint density at radius 1 is 1.54 bits per heavy atom. The molecule has 1 aromatic rings. The summed E-state index contributed by atoms with van der Waals surface area (Å²) < 4.78 is 0. The van der Waals surface area contributed by atoms with Crippen molar-refractivity contribution in [1.29, 1.82) is 0 Å². The van der Waals surface area contributed by atoms with Gasteiger partial charge in [-0.05, 0) is 0 Å². The van der Waals surface area contributed by atoms with Gasteiger partial charge in [0.1, 0.15) is 17.2 Å². The molecule has 0 fully saturated rings. The van der Waals surface area contributed by atoms with E-state index in [1.54, 1.807) is 6.20 Å². The zero-order chi connectivity index (χ0) is 9.52. The second-order valence-electron chi connectivity index (χ2n) is 2.31. The van der Waals surface area contributed by atoms with E-state index in [9.17, 15) is 0 Å². The Hall–Kier alpha value is -1.13. The van der Waals surface area contributed by atoms with Gasteiger partial charge in [0.25, 0.3) is 0 Å². The summed E-state index contributed by atoms with van der Waals surface area (Å²) in [6.07, 6.45) is 6.77. The molecule has 0 aliphatic heterocycles. The monoisotopic (exact) mass is 198 g/mol. The van der Waals surface area contributed by atoms with Crippen molar-refractivity contribution in [3.8, 4) is 0 Å². The molecule has 0 spiro atoms. The van der Waals surface area contributed by atoms with Crippen molar-refractivity contribution in [1.82, 2.24) is 9.97 Å². The summed E-state index contributed by atoms with van der Waals surface area (Å²) >= 11 is 5.80. The number of anilines is 1. The molecule has 0 aromatic carbocycles. The summed E-state index contributed by atoms with van der Waals surface area (Å²) in [6, 6.07) is 0. The fraction of sp³-hybridized carbons (Fsp3) is 0.250. The molecular formula is C8H11ClN4. The molecule has 0 amide bonds. The van der Waals surface area contributed by atoms with Crippen LogP contribution in [0.5, 0.6) is 0 Å². The molecular weight excluding hydrogens is 188 g/mol. The molecule has 0 atom stereocenters. The molecule has 1 heterocycles. The molecule has 1 rings (SSSR count). The molecule has 5 heteroatoms. The fourth-order valence-corrected chi connectivity index (χ4v) is 0.950. The fourth-order valence-electron chi connectivity index (χ4n) is 0.778. The Labute approximate surface area is 81.8 Å². The number of aromatic nitrogens is 2. The second kappa shape index (κ2) is 5.50. The summed E-state index contributed by atoms with van der Waals surface area (Å²) in [5.41, 5.74) is 5.27. The van der Waals surface area contributed by atoms with Crippen molar-refractivity contribution in [3.05, 3.63) is 29.7 Å². The second-order valence-corrected chi connectivity index (χ2v) is 2.71. The first kappa shape index (κ1) is 9.95. The van der Waals surface area contributed by atoms with Gasteiger partial charge in [-0.3, -0.25) is 0 Å². The maximum atomic E-state index is 5.80. The predicted octanol–water partition coefficient (Wildman–Crippen LogP) is 1.06. The van der Waals surface area contributed by atoms with E-state index in [0.717, 1.165) is 0 Å². The Morgan fingerprint density at radius 3 is 3.08 bits per heavy atom. The lowest BCUT2D eigenvalue weighted by atomic mass is 10.4. The van der Waals surface area contributed by atoms with E-state index in [1.807, 2.05) is 12.2 Å². The lowest BCUT2D eigenvalue weighted by molar-refractivity contribution is 1.13. The van der Waals surface area contributed by atoms with Crippen LogP contribution in [0.2, 0.25) is 5.02 Å². The normalized spacial score (nSPS) is 10.6. The Bertz CT molecular complexity index is 287. The molecule has 1 aromatic heterocycles. The molecule has 3 N–H and O–H groups in total. The van der Waals surface area contributed by atoms with E-state index < -0.39 is 0 Å². The topological polar surface area (TPSA) is 63.8 Å². The van der Waals surface area contributed by atoms with Gasteiger partial charge >= 0.3 is 0 Å². The largest absolute Gasteiger partial charge is 0.365 e. The van der Waals surface area contributed by atoms with Crippen LogP contribution in [0.15, 0.2) is 24.7 Å². The Kier molecular flexibility index (Phi) is 4.21. The minimum absolute atomic E-state index is 0.517. The zero-order valence-corrected chi connectivity index (χ0v) is 7.83. The molecule has 0 aliphatic carbocycles. The molecule has 4 nitrogen and oxygen atoms in total. The van der Waals surface area contributed by atoms with Gasteiger partial charge in [0.2, 0.25) is 0 Å². The summed E-state index contributed by atoms with van der Waals surface area (Å²) in [5.74, 6) is 0.637. The lowest BCUT2D eigenvalue weighted by Gasteiger charge is -2.02. The molecule has 0 radical (unpaired) electrons. The van der Waals surface area contributed by atoms with Crippen LogP contribution >= 0.6 is 11.6 Å². The average molecular weight is 199 g/mol. The molecule has 0 aliphatic rings. The third kappa shape index (κ3) is 3.40. The van der Waals surface area contributed by atoms with Crippen LogP contribution < -0.4 is 11.1 Å². The standard InChI is InChI=1S/C8H11ClN4/c9-7-5-11-6-13-8(7)12-4-2-1-3-10/h1-2,5-6H,3-4,10H2,(H,11,12,13)/b2-1+. The summed E-state index contributed by atoms with van der Waals surface area (Å²) in [4.78, 5) is 7.72. The molecule has 13 heavy (non-hydrogen) atoms. The van der Waals surface area contributed by atoms with Crippen LogP contribution in [0.3, 0.4) is 0 Å². The van der Waals surface area contributed by atoms with E-state index in [0.29, 0.717) is 23.9 Å². The first-order chi connectivity index (χ1) is 6.34. The number of nitrogens with zero attached hydrogens (tertiary/aromatic N) is 2. The average Bonchev–Trinajstić information content (AvgIpc) is 2.15.